The Morgan fingerprint density at radius 2 is 1.95 bits per heavy atom. The molecule has 0 spiro atoms. The second-order valence-corrected chi connectivity index (χ2v) is 10.9. The highest BCUT2D eigenvalue weighted by Gasteiger charge is 2.33. The van der Waals surface area contributed by atoms with Crippen molar-refractivity contribution in [3.63, 3.8) is 0 Å². The third-order valence-electron chi connectivity index (χ3n) is 6.56. The van der Waals surface area contributed by atoms with Crippen LogP contribution in [0, 0.1) is 10.1 Å². The Labute approximate surface area is 243 Å². The van der Waals surface area contributed by atoms with Crippen LogP contribution in [0.5, 0.6) is 0 Å². The van der Waals surface area contributed by atoms with Crippen LogP contribution in [-0.2, 0) is 9.53 Å². The van der Waals surface area contributed by atoms with Crippen LogP contribution in [0.1, 0.15) is 31.2 Å². The Bertz CT molecular complexity index is 1880. The highest BCUT2D eigenvalue weighted by molar-refractivity contribution is 7.07. The molecule has 0 fully saturated rings. The van der Waals surface area contributed by atoms with Crippen LogP contribution in [0.25, 0.3) is 17.4 Å². The van der Waals surface area contributed by atoms with E-state index in [4.69, 9.17) is 20.8 Å². The first-order valence-corrected chi connectivity index (χ1v) is 13.8. The van der Waals surface area contributed by atoms with Gasteiger partial charge in [-0.05, 0) is 55.8 Å². The lowest BCUT2D eigenvalue weighted by Gasteiger charge is -2.25. The summed E-state index contributed by atoms with van der Waals surface area (Å²) in [7, 11) is 3.86. The number of furan rings is 1. The lowest BCUT2D eigenvalue weighted by molar-refractivity contribution is -0.384. The maximum Gasteiger partial charge on any atom is 0.338 e. The van der Waals surface area contributed by atoms with Gasteiger partial charge in [0.15, 0.2) is 4.80 Å². The fourth-order valence-corrected chi connectivity index (χ4v) is 5.82. The molecule has 4 aromatic rings. The third-order valence-corrected chi connectivity index (χ3v) is 7.78. The van der Waals surface area contributed by atoms with E-state index >= 15 is 0 Å². The van der Waals surface area contributed by atoms with Crippen molar-refractivity contribution in [1.82, 2.24) is 4.57 Å². The SMILES string of the molecule is CCOC(=O)C1=C(C)N=c2s/c(=C/c3ccc(-c4ccc(Cl)cc4[N+](=O)[O-])o3)c(=O)n2C1c1ccc(N(C)C)cc1. The maximum absolute atomic E-state index is 13.8. The molecular formula is C29H25ClN4O6S. The number of carbonyl (C=O) groups excluding carboxylic acids is 1. The van der Waals surface area contributed by atoms with Gasteiger partial charge in [-0.1, -0.05) is 35.1 Å². The van der Waals surface area contributed by atoms with E-state index in [1.165, 1.54) is 16.7 Å². The molecule has 0 N–H and O–H groups in total. The number of thiazole rings is 1. The van der Waals surface area contributed by atoms with Gasteiger partial charge in [-0.3, -0.25) is 19.5 Å². The Morgan fingerprint density at radius 1 is 1.22 bits per heavy atom. The number of rotatable bonds is 7. The summed E-state index contributed by atoms with van der Waals surface area (Å²) in [5.74, 6) is 0.0411. The summed E-state index contributed by atoms with van der Waals surface area (Å²) >= 11 is 7.10. The van der Waals surface area contributed by atoms with Crippen LogP contribution in [0.3, 0.4) is 0 Å². The first-order valence-electron chi connectivity index (χ1n) is 12.6. The fraction of sp³-hybridized carbons (Fsp3) is 0.207. The Hall–Kier alpha value is -4.48. The Balaban J connectivity index is 1.63. The minimum Gasteiger partial charge on any atom is -0.463 e. The highest BCUT2D eigenvalue weighted by atomic mass is 35.5. The summed E-state index contributed by atoms with van der Waals surface area (Å²) in [5, 5.41) is 11.8. The van der Waals surface area contributed by atoms with E-state index in [2.05, 4.69) is 4.99 Å². The zero-order valence-corrected chi connectivity index (χ0v) is 24.2. The van der Waals surface area contributed by atoms with E-state index in [-0.39, 0.29) is 34.2 Å². The van der Waals surface area contributed by atoms with Gasteiger partial charge in [-0.2, -0.15) is 0 Å². The maximum atomic E-state index is 13.8. The first-order chi connectivity index (χ1) is 19.6. The molecular weight excluding hydrogens is 568 g/mol. The number of hydrogen-bond donors (Lipinski definition) is 0. The van der Waals surface area contributed by atoms with Crippen LogP contribution < -0.4 is 19.8 Å². The number of carbonyl (C=O) groups is 1. The van der Waals surface area contributed by atoms with Crippen molar-refractivity contribution in [2.75, 3.05) is 25.6 Å². The smallest absolute Gasteiger partial charge is 0.338 e. The summed E-state index contributed by atoms with van der Waals surface area (Å²) in [4.78, 5) is 44.9. The minimum absolute atomic E-state index is 0.179. The van der Waals surface area contributed by atoms with Crippen molar-refractivity contribution in [2.45, 2.75) is 19.9 Å². The summed E-state index contributed by atoms with van der Waals surface area (Å²) < 4.78 is 13.0. The van der Waals surface area contributed by atoms with E-state index in [1.807, 2.05) is 43.3 Å². The molecule has 2 aromatic carbocycles. The predicted octanol–water partition coefficient (Wildman–Crippen LogP) is 4.69. The number of nitro benzene ring substituents is 1. The third kappa shape index (κ3) is 5.33. The molecule has 0 amide bonds. The van der Waals surface area contributed by atoms with Gasteiger partial charge < -0.3 is 14.1 Å². The molecule has 0 radical (unpaired) electrons. The summed E-state index contributed by atoms with van der Waals surface area (Å²) in [6.45, 7) is 3.63. The molecule has 0 bridgehead atoms. The van der Waals surface area contributed by atoms with E-state index in [0.717, 1.165) is 22.6 Å². The number of fused-ring (bicyclic) bond motifs is 1. The molecule has 1 unspecified atom stereocenters. The van der Waals surface area contributed by atoms with Gasteiger partial charge in [-0.15, -0.1) is 0 Å². The fourth-order valence-electron chi connectivity index (χ4n) is 4.63. The summed E-state index contributed by atoms with van der Waals surface area (Å²) in [5.41, 5.74) is 2.16. The standard InChI is InChI=1S/C29H25ClN4O6S/c1-5-39-28(36)25-16(2)31-29-33(26(25)17-6-9-19(10-7-17)32(3)4)27(35)24(41-29)15-20-11-13-23(40-20)21-12-8-18(30)14-22(21)34(37)38/h6-15,26H,5H2,1-4H3/b24-15+. The molecule has 12 heteroatoms. The number of esters is 1. The van der Waals surface area contributed by atoms with Crippen molar-refractivity contribution in [2.24, 2.45) is 4.99 Å². The largest absolute Gasteiger partial charge is 0.463 e. The number of nitro groups is 1. The number of aromatic nitrogens is 1. The molecule has 5 rings (SSSR count). The van der Waals surface area contributed by atoms with Crippen molar-refractivity contribution < 1.29 is 18.9 Å². The zero-order valence-electron chi connectivity index (χ0n) is 22.6. The summed E-state index contributed by atoms with van der Waals surface area (Å²) in [6, 6.07) is 14.4. The number of anilines is 1. The second-order valence-electron chi connectivity index (χ2n) is 9.41. The van der Waals surface area contributed by atoms with Crippen molar-refractivity contribution >= 4 is 46.4 Å². The van der Waals surface area contributed by atoms with Gasteiger partial charge in [0, 0.05) is 36.9 Å². The van der Waals surface area contributed by atoms with E-state index in [9.17, 15) is 19.7 Å². The molecule has 41 heavy (non-hydrogen) atoms. The van der Waals surface area contributed by atoms with Crippen LogP contribution in [0.4, 0.5) is 11.4 Å². The average Bonchev–Trinajstić information content (AvgIpc) is 3.52. The molecule has 3 heterocycles. The van der Waals surface area contributed by atoms with Gasteiger partial charge in [0.2, 0.25) is 0 Å². The molecule has 0 aliphatic carbocycles. The second kappa shape index (κ2) is 11.2. The normalized spacial score (nSPS) is 15.0. The number of ether oxygens (including phenoxy) is 1. The van der Waals surface area contributed by atoms with Gasteiger partial charge in [0.25, 0.3) is 11.2 Å². The molecule has 0 saturated heterocycles. The highest BCUT2D eigenvalue weighted by Crippen LogP contribution is 2.34. The quantitative estimate of drug-likeness (QED) is 0.173. The molecule has 0 saturated carbocycles. The molecule has 210 valence electrons. The number of hydrogen-bond acceptors (Lipinski definition) is 9. The average molecular weight is 593 g/mol. The van der Waals surface area contributed by atoms with Gasteiger partial charge in [-0.25, -0.2) is 9.79 Å². The van der Waals surface area contributed by atoms with Crippen LogP contribution in [0.2, 0.25) is 5.02 Å². The Morgan fingerprint density at radius 3 is 2.61 bits per heavy atom. The first kappa shape index (κ1) is 28.1. The summed E-state index contributed by atoms with van der Waals surface area (Å²) in [6.07, 6.45) is 1.56. The van der Waals surface area contributed by atoms with E-state index in [0.29, 0.717) is 26.4 Å². The van der Waals surface area contributed by atoms with Gasteiger partial charge in [0.1, 0.15) is 11.5 Å². The molecule has 1 aliphatic heterocycles. The van der Waals surface area contributed by atoms with E-state index in [1.54, 1.807) is 38.1 Å². The topological polar surface area (TPSA) is 120 Å². The molecule has 10 nitrogen and oxygen atoms in total. The van der Waals surface area contributed by atoms with Crippen molar-refractivity contribution in [3.05, 3.63) is 112 Å². The van der Waals surface area contributed by atoms with Crippen LogP contribution in [0.15, 0.2) is 80.1 Å². The van der Waals surface area contributed by atoms with Gasteiger partial charge >= 0.3 is 5.97 Å². The predicted molar refractivity (Wildman–Crippen MR) is 157 cm³/mol. The molecule has 1 atom stereocenters. The van der Waals surface area contributed by atoms with Crippen molar-refractivity contribution in [1.29, 1.82) is 0 Å². The lowest BCUT2D eigenvalue weighted by Crippen LogP contribution is -2.39. The van der Waals surface area contributed by atoms with Crippen LogP contribution in [-0.4, -0.2) is 36.2 Å². The minimum atomic E-state index is -0.743. The number of benzene rings is 2. The monoisotopic (exact) mass is 592 g/mol. The van der Waals surface area contributed by atoms with Crippen LogP contribution >= 0.6 is 22.9 Å². The number of halogens is 1. The lowest BCUT2D eigenvalue weighted by atomic mass is 9.95. The zero-order chi connectivity index (χ0) is 29.4. The number of nitrogens with zero attached hydrogens (tertiary/aromatic N) is 4. The van der Waals surface area contributed by atoms with Crippen molar-refractivity contribution in [3.8, 4) is 11.3 Å². The molecule has 2 aromatic heterocycles. The molecule has 1 aliphatic rings. The van der Waals surface area contributed by atoms with E-state index < -0.39 is 16.9 Å². The Kier molecular flexibility index (Phi) is 7.65. The number of allylic oxidation sites excluding steroid dienone is 1. The van der Waals surface area contributed by atoms with Gasteiger partial charge in [0.05, 0.1) is 38.9 Å².